The van der Waals surface area contributed by atoms with Crippen LogP contribution < -0.4 is 9.47 Å². The largest absolute Gasteiger partial charge is 0.490 e. The summed E-state index contributed by atoms with van der Waals surface area (Å²) in [4.78, 5) is 0. The normalized spacial score (nSPS) is 11.0. The van der Waals surface area contributed by atoms with Gasteiger partial charge in [-0.25, -0.2) is 0 Å². The fourth-order valence-corrected chi connectivity index (χ4v) is 3.24. The van der Waals surface area contributed by atoms with Crippen molar-refractivity contribution in [2.75, 3.05) is 6.61 Å². The van der Waals surface area contributed by atoms with Crippen molar-refractivity contribution in [2.24, 2.45) is 0 Å². The van der Waals surface area contributed by atoms with Gasteiger partial charge >= 0.3 is 0 Å². The number of hydrogen-bond acceptors (Lipinski definition) is 3. The van der Waals surface area contributed by atoms with E-state index in [9.17, 15) is 5.26 Å². The highest BCUT2D eigenvalue weighted by Gasteiger charge is 2.08. The van der Waals surface area contributed by atoms with Crippen LogP contribution in [-0.2, 0) is 6.61 Å². The Bertz CT molecular complexity index is 1060. The quantitative estimate of drug-likeness (QED) is 0.273. The van der Waals surface area contributed by atoms with Gasteiger partial charge in [0.25, 0.3) is 0 Å². The SMILES string of the molecule is CCOc1cc(/C=C(\C#N)c2ccc(Br)cc2)ccc1OCc1cccc(Cl)c1. The van der Waals surface area contributed by atoms with Crippen LogP contribution in [0.3, 0.4) is 0 Å². The number of ether oxygens (including phenoxy) is 2. The smallest absolute Gasteiger partial charge is 0.161 e. The van der Waals surface area contributed by atoms with E-state index >= 15 is 0 Å². The first-order valence-corrected chi connectivity index (χ1v) is 10.3. The zero-order chi connectivity index (χ0) is 20.6. The number of halogens is 2. The molecule has 3 aromatic rings. The van der Waals surface area contributed by atoms with Crippen molar-refractivity contribution in [3.05, 3.63) is 92.9 Å². The van der Waals surface area contributed by atoms with E-state index in [1.54, 1.807) is 0 Å². The highest BCUT2D eigenvalue weighted by Crippen LogP contribution is 2.31. The molecule has 0 aliphatic rings. The molecule has 0 fully saturated rings. The monoisotopic (exact) mass is 467 g/mol. The molecule has 3 aromatic carbocycles. The number of nitrogens with zero attached hydrogens (tertiary/aromatic N) is 1. The Morgan fingerprint density at radius 2 is 1.83 bits per heavy atom. The summed E-state index contributed by atoms with van der Waals surface area (Å²) < 4.78 is 12.7. The molecule has 0 saturated heterocycles. The summed E-state index contributed by atoms with van der Waals surface area (Å²) >= 11 is 9.45. The molecule has 0 radical (unpaired) electrons. The number of allylic oxidation sites excluding steroid dienone is 1. The summed E-state index contributed by atoms with van der Waals surface area (Å²) in [5, 5.41) is 10.2. The van der Waals surface area contributed by atoms with Crippen molar-refractivity contribution in [1.29, 1.82) is 5.26 Å². The molecule has 0 spiro atoms. The van der Waals surface area contributed by atoms with Crippen molar-refractivity contribution >= 4 is 39.2 Å². The van der Waals surface area contributed by atoms with E-state index in [0.717, 1.165) is 21.2 Å². The van der Waals surface area contributed by atoms with Crippen LogP contribution in [0.15, 0.2) is 71.2 Å². The van der Waals surface area contributed by atoms with Crippen molar-refractivity contribution in [3.63, 3.8) is 0 Å². The lowest BCUT2D eigenvalue weighted by atomic mass is 10.0. The molecule has 146 valence electrons. The Labute approximate surface area is 184 Å². The molecule has 0 amide bonds. The molecule has 0 aliphatic heterocycles. The van der Waals surface area contributed by atoms with Gasteiger partial charge in [-0.2, -0.15) is 5.26 Å². The van der Waals surface area contributed by atoms with Crippen molar-refractivity contribution in [2.45, 2.75) is 13.5 Å². The highest BCUT2D eigenvalue weighted by atomic mass is 79.9. The van der Waals surface area contributed by atoms with Crippen LogP contribution in [0.1, 0.15) is 23.6 Å². The van der Waals surface area contributed by atoms with Gasteiger partial charge < -0.3 is 9.47 Å². The average molecular weight is 469 g/mol. The molecule has 3 rings (SSSR count). The Morgan fingerprint density at radius 3 is 2.52 bits per heavy atom. The molecule has 0 N–H and O–H groups in total. The van der Waals surface area contributed by atoms with Crippen LogP contribution in [0.25, 0.3) is 11.6 Å². The van der Waals surface area contributed by atoms with Crippen LogP contribution in [0.4, 0.5) is 0 Å². The first kappa shape index (κ1) is 21.0. The Kier molecular flexibility index (Phi) is 7.35. The van der Waals surface area contributed by atoms with Crippen LogP contribution in [0.2, 0.25) is 5.02 Å². The summed E-state index contributed by atoms with van der Waals surface area (Å²) in [5.74, 6) is 1.28. The number of hydrogen-bond donors (Lipinski definition) is 0. The zero-order valence-electron chi connectivity index (χ0n) is 15.9. The number of benzene rings is 3. The molecule has 0 unspecified atom stereocenters. The van der Waals surface area contributed by atoms with Crippen LogP contribution >= 0.6 is 27.5 Å². The van der Waals surface area contributed by atoms with Gasteiger partial charge in [-0.1, -0.05) is 57.9 Å². The Hall–Kier alpha value is -2.74. The van der Waals surface area contributed by atoms with Gasteiger partial charge in [0.05, 0.1) is 18.2 Å². The van der Waals surface area contributed by atoms with E-state index in [2.05, 4.69) is 22.0 Å². The third-order valence-corrected chi connectivity index (χ3v) is 4.90. The second kappa shape index (κ2) is 10.2. The summed E-state index contributed by atoms with van der Waals surface area (Å²) in [5.41, 5.74) is 3.27. The third kappa shape index (κ3) is 5.87. The second-order valence-electron chi connectivity index (χ2n) is 6.23. The van der Waals surface area contributed by atoms with Crippen LogP contribution in [0, 0.1) is 11.3 Å². The van der Waals surface area contributed by atoms with Gasteiger partial charge in [0.15, 0.2) is 11.5 Å². The standard InChI is InChI=1S/C24H19BrClNO2/c1-2-28-24-14-17(12-20(15-27)19-7-9-21(25)10-8-19)6-11-23(24)29-16-18-4-3-5-22(26)13-18/h3-14H,2,16H2,1H3/b20-12+. The molecular formula is C24H19BrClNO2. The minimum absolute atomic E-state index is 0.387. The van der Waals surface area contributed by atoms with Gasteiger partial charge in [0.1, 0.15) is 6.61 Å². The van der Waals surface area contributed by atoms with Crippen molar-refractivity contribution in [3.8, 4) is 17.6 Å². The molecule has 5 heteroatoms. The van der Waals surface area contributed by atoms with E-state index in [0.29, 0.717) is 35.3 Å². The topological polar surface area (TPSA) is 42.2 Å². The summed E-state index contributed by atoms with van der Waals surface area (Å²) in [7, 11) is 0. The molecule has 0 atom stereocenters. The van der Waals surface area contributed by atoms with Gasteiger partial charge in [-0.15, -0.1) is 0 Å². The van der Waals surface area contributed by atoms with Gasteiger partial charge in [0.2, 0.25) is 0 Å². The third-order valence-electron chi connectivity index (χ3n) is 4.14. The Balaban J connectivity index is 1.84. The fourth-order valence-electron chi connectivity index (χ4n) is 2.77. The minimum atomic E-state index is 0.387. The number of rotatable bonds is 7. The average Bonchev–Trinajstić information content (AvgIpc) is 2.72. The lowest BCUT2D eigenvalue weighted by Crippen LogP contribution is -2.00. The molecule has 0 aromatic heterocycles. The molecule has 0 saturated carbocycles. The maximum Gasteiger partial charge on any atom is 0.161 e. The molecule has 0 aliphatic carbocycles. The fraction of sp³-hybridized carbons (Fsp3) is 0.125. The van der Waals surface area contributed by atoms with Gasteiger partial charge in [0, 0.05) is 9.50 Å². The van der Waals surface area contributed by atoms with Crippen LogP contribution in [-0.4, -0.2) is 6.61 Å². The van der Waals surface area contributed by atoms with Gasteiger partial charge in [-0.3, -0.25) is 0 Å². The number of nitriles is 1. The van der Waals surface area contributed by atoms with E-state index in [1.807, 2.05) is 79.7 Å². The van der Waals surface area contributed by atoms with Crippen molar-refractivity contribution < 1.29 is 9.47 Å². The Morgan fingerprint density at radius 1 is 1.03 bits per heavy atom. The zero-order valence-corrected chi connectivity index (χ0v) is 18.2. The van der Waals surface area contributed by atoms with E-state index in [-0.39, 0.29) is 0 Å². The summed E-state index contributed by atoms with van der Waals surface area (Å²) in [6.45, 7) is 2.82. The minimum Gasteiger partial charge on any atom is -0.490 e. The van der Waals surface area contributed by atoms with Gasteiger partial charge in [-0.05, 0) is 66.1 Å². The highest BCUT2D eigenvalue weighted by molar-refractivity contribution is 9.10. The summed E-state index contributed by atoms with van der Waals surface area (Å²) in [6, 6.07) is 23.1. The molecule has 29 heavy (non-hydrogen) atoms. The lowest BCUT2D eigenvalue weighted by Gasteiger charge is -2.13. The van der Waals surface area contributed by atoms with E-state index < -0.39 is 0 Å². The molecule has 0 bridgehead atoms. The predicted molar refractivity (Wildman–Crippen MR) is 121 cm³/mol. The van der Waals surface area contributed by atoms with Crippen molar-refractivity contribution in [1.82, 2.24) is 0 Å². The first-order chi connectivity index (χ1) is 14.1. The first-order valence-electron chi connectivity index (χ1n) is 9.11. The maximum atomic E-state index is 9.57. The molecular weight excluding hydrogens is 450 g/mol. The molecule has 0 heterocycles. The van der Waals surface area contributed by atoms with Crippen LogP contribution in [0.5, 0.6) is 11.5 Å². The van der Waals surface area contributed by atoms with E-state index in [1.165, 1.54) is 0 Å². The second-order valence-corrected chi connectivity index (χ2v) is 7.59. The maximum absolute atomic E-state index is 9.57. The van der Waals surface area contributed by atoms with E-state index in [4.69, 9.17) is 21.1 Å². The lowest BCUT2D eigenvalue weighted by molar-refractivity contribution is 0.269. The molecule has 3 nitrogen and oxygen atoms in total. The predicted octanol–water partition coefficient (Wildman–Crippen LogP) is 7.14. The summed E-state index contributed by atoms with van der Waals surface area (Å²) in [6.07, 6.45) is 1.84.